The second kappa shape index (κ2) is 6.37. The first-order chi connectivity index (χ1) is 10.3. The molecule has 0 spiro atoms. The van der Waals surface area contributed by atoms with Gasteiger partial charge in [-0.3, -0.25) is 4.90 Å². The second-order valence-electron chi connectivity index (χ2n) is 5.40. The Labute approximate surface area is 123 Å². The molecule has 3 rings (SSSR count). The number of aliphatic hydroxyl groups excluding tert-OH is 1. The van der Waals surface area contributed by atoms with Crippen molar-refractivity contribution in [2.45, 2.75) is 31.8 Å². The molecule has 2 heterocycles. The zero-order valence-corrected chi connectivity index (χ0v) is 11.8. The third-order valence-electron chi connectivity index (χ3n) is 3.99. The Morgan fingerprint density at radius 1 is 1.33 bits per heavy atom. The Bertz CT molecular complexity index is 599. The Kier molecular flexibility index (Phi) is 4.31. The van der Waals surface area contributed by atoms with Crippen LogP contribution in [0.3, 0.4) is 0 Å². The van der Waals surface area contributed by atoms with E-state index in [9.17, 15) is 9.50 Å². The summed E-state index contributed by atoms with van der Waals surface area (Å²) in [6.07, 6.45) is 4.83. The number of aromatic nitrogens is 1. The lowest BCUT2D eigenvalue weighted by Crippen LogP contribution is -2.41. The molecule has 0 aliphatic carbocycles. The molecule has 1 atom stereocenters. The number of halogens is 1. The molecule has 1 aliphatic heterocycles. The molecular weight excluding hydrogens is 271 g/mol. The minimum atomic E-state index is -0.314. The van der Waals surface area contributed by atoms with Crippen molar-refractivity contribution in [3.05, 3.63) is 42.2 Å². The molecule has 1 aliphatic rings. The standard InChI is InChI=1S/C16H19FN2O2/c17-14-7-2-1-6-13(14)15-9-18-16(21-15)10-19-8-4-3-5-12(19)11-20/h1-2,6-7,9,12,20H,3-5,8,10-11H2/t12-/m0/s1. The Morgan fingerprint density at radius 2 is 2.19 bits per heavy atom. The molecule has 0 bridgehead atoms. The molecule has 0 amide bonds. The average Bonchev–Trinajstić information content (AvgIpc) is 2.96. The predicted molar refractivity (Wildman–Crippen MR) is 77.0 cm³/mol. The molecule has 112 valence electrons. The molecule has 1 aromatic carbocycles. The largest absolute Gasteiger partial charge is 0.439 e. The lowest BCUT2D eigenvalue weighted by atomic mass is 10.0. The van der Waals surface area contributed by atoms with E-state index in [0.29, 0.717) is 23.8 Å². The van der Waals surface area contributed by atoms with Crippen LogP contribution in [0.1, 0.15) is 25.2 Å². The fraction of sp³-hybridized carbons (Fsp3) is 0.438. The Balaban J connectivity index is 1.75. The van der Waals surface area contributed by atoms with Crippen LogP contribution < -0.4 is 0 Å². The molecule has 0 saturated carbocycles. The second-order valence-corrected chi connectivity index (χ2v) is 5.40. The van der Waals surface area contributed by atoms with Crippen molar-refractivity contribution in [3.8, 4) is 11.3 Å². The minimum Gasteiger partial charge on any atom is -0.439 e. The van der Waals surface area contributed by atoms with Crippen molar-refractivity contribution in [1.82, 2.24) is 9.88 Å². The van der Waals surface area contributed by atoms with Crippen molar-refractivity contribution < 1.29 is 13.9 Å². The van der Waals surface area contributed by atoms with Gasteiger partial charge in [0.05, 0.1) is 24.9 Å². The fourth-order valence-corrected chi connectivity index (χ4v) is 2.82. The molecule has 1 fully saturated rings. The zero-order valence-electron chi connectivity index (χ0n) is 11.8. The van der Waals surface area contributed by atoms with Gasteiger partial charge in [0.25, 0.3) is 0 Å². The van der Waals surface area contributed by atoms with Crippen LogP contribution in [0.5, 0.6) is 0 Å². The topological polar surface area (TPSA) is 49.5 Å². The number of benzene rings is 1. The van der Waals surface area contributed by atoms with Gasteiger partial charge in [0.2, 0.25) is 5.89 Å². The van der Waals surface area contributed by atoms with E-state index in [-0.39, 0.29) is 18.5 Å². The van der Waals surface area contributed by atoms with Gasteiger partial charge >= 0.3 is 0 Å². The zero-order chi connectivity index (χ0) is 14.7. The average molecular weight is 290 g/mol. The third-order valence-corrected chi connectivity index (χ3v) is 3.99. The van der Waals surface area contributed by atoms with Gasteiger partial charge in [-0.1, -0.05) is 18.6 Å². The maximum Gasteiger partial charge on any atom is 0.209 e. The van der Waals surface area contributed by atoms with Crippen LogP contribution in [0.2, 0.25) is 0 Å². The van der Waals surface area contributed by atoms with E-state index in [1.54, 1.807) is 24.4 Å². The summed E-state index contributed by atoms with van der Waals surface area (Å²) in [6.45, 7) is 1.64. The van der Waals surface area contributed by atoms with E-state index in [2.05, 4.69) is 9.88 Å². The van der Waals surface area contributed by atoms with Crippen LogP contribution in [0.25, 0.3) is 11.3 Å². The number of likely N-dealkylation sites (tertiary alicyclic amines) is 1. The van der Waals surface area contributed by atoms with E-state index < -0.39 is 0 Å². The first-order valence-electron chi connectivity index (χ1n) is 7.32. The molecule has 21 heavy (non-hydrogen) atoms. The summed E-state index contributed by atoms with van der Waals surface area (Å²) in [5, 5.41) is 9.42. The summed E-state index contributed by atoms with van der Waals surface area (Å²) in [4.78, 5) is 6.42. The van der Waals surface area contributed by atoms with Gasteiger partial charge in [-0.15, -0.1) is 0 Å². The molecule has 2 aromatic rings. The van der Waals surface area contributed by atoms with Gasteiger partial charge in [0.1, 0.15) is 5.82 Å². The van der Waals surface area contributed by atoms with Crippen LogP contribution in [-0.2, 0) is 6.54 Å². The summed E-state index contributed by atoms with van der Waals surface area (Å²) in [5.41, 5.74) is 0.425. The molecule has 4 nitrogen and oxygen atoms in total. The number of aliphatic hydroxyl groups is 1. The van der Waals surface area contributed by atoms with E-state index >= 15 is 0 Å². The lowest BCUT2D eigenvalue weighted by molar-refractivity contribution is 0.0770. The van der Waals surface area contributed by atoms with Crippen molar-refractivity contribution >= 4 is 0 Å². The number of piperidine rings is 1. The fourth-order valence-electron chi connectivity index (χ4n) is 2.82. The number of rotatable bonds is 4. The van der Waals surface area contributed by atoms with Crippen molar-refractivity contribution in [2.75, 3.05) is 13.2 Å². The van der Waals surface area contributed by atoms with Crippen LogP contribution in [-0.4, -0.2) is 34.2 Å². The molecule has 1 saturated heterocycles. The highest BCUT2D eigenvalue weighted by molar-refractivity contribution is 5.56. The van der Waals surface area contributed by atoms with Crippen molar-refractivity contribution in [3.63, 3.8) is 0 Å². The molecule has 1 aromatic heterocycles. The number of oxazole rings is 1. The van der Waals surface area contributed by atoms with Crippen molar-refractivity contribution in [1.29, 1.82) is 0 Å². The Hall–Kier alpha value is -1.72. The van der Waals surface area contributed by atoms with Gasteiger partial charge in [-0.2, -0.15) is 0 Å². The third kappa shape index (κ3) is 3.14. The monoisotopic (exact) mass is 290 g/mol. The molecule has 5 heteroatoms. The molecule has 0 unspecified atom stereocenters. The number of hydrogen-bond donors (Lipinski definition) is 1. The van der Waals surface area contributed by atoms with Crippen LogP contribution in [0, 0.1) is 5.82 Å². The molecule has 0 radical (unpaired) electrons. The predicted octanol–water partition coefficient (Wildman–Crippen LogP) is 2.83. The lowest BCUT2D eigenvalue weighted by Gasteiger charge is -2.33. The quantitative estimate of drug-likeness (QED) is 0.940. The first kappa shape index (κ1) is 14.2. The van der Waals surface area contributed by atoms with Gasteiger partial charge < -0.3 is 9.52 Å². The van der Waals surface area contributed by atoms with Gasteiger partial charge in [-0.05, 0) is 31.5 Å². The Morgan fingerprint density at radius 3 is 3.00 bits per heavy atom. The van der Waals surface area contributed by atoms with Crippen LogP contribution in [0.15, 0.2) is 34.9 Å². The highest BCUT2D eigenvalue weighted by Crippen LogP contribution is 2.25. The summed E-state index contributed by atoms with van der Waals surface area (Å²) in [7, 11) is 0. The maximum absolute atomic E-state index is 13.7. The summed E-state index contributed by atoms with van der Waals surface area (Å²) in [6, 6.07) is 6.67. The van der Waals surface area contributed by atoms with Crippen molar-refractivity contribution in [2.24, 2.45) is 0 Å². The molecular formula is C16H19FN2O2. The van der Waals surface area contributed by atoms with Crippen LogP contribution >= 0.6 is 0 Å². The van der Waals surface area contributed by atoms with E-state index in [4.69, 9.17) is 4.42 Å². The highest BCUT2D eigenvalue weighted by Gasteiger charge is 2.23. The smallest absolute Gasteiger partial charge is 0.209 e. The maximum atomic E-state index is 13.7. The summed E-state index contributed by atoms with van der Waals surface area (Å²) < 4.78 is 19.4. The normalized spacial score (nSPS) is 19.8. The SMILES string of the molecule is OC[C@@H]1CCCCN1Cc1ncc(-c2ccccc2F)o1. The number of nitrogens with zero attached hydrogens (tertiary/aromatic N) is 2. The summed E-state index contributed by atoms with van der Waals surface area (Å²) >= 11 is 0. The first-order valence-corrected chi connectivity index (χ1v) is 7.32. The van der Waals surface area contributed by atoms with Gasteiger partial charge in [-0.25, -0.2) is 9.37 Å². The van der Waals surface area contributed by atoms with E-state index in [1.165, 1.54) is 6.07 Å². The highest BCUT2D eigenvalue weighted by atomic mass is 19.1. The van der Waals surface area contributed by atoms with Gasteiger partial charge in [0.15, 0.2) is 5.76 Å². The van der Waals surface area contributed by atoms with Crippen LogP contribution in [0.4, 0.5) is 4.39 Å². The minimum absolute atomic E-state index is 0.154. The van der Waals surface area contributed by atoms with E-state index in [0.717, 1.165) is 25.8 Å². The number of hydrogen-bond acceptors (Lipinski definition) is 4. The van der Waals surface area contributed by atoms with E-state index in [1.807, 2.05) is 0 Å². The van der Waals surface area contributed by atoms with Gasteiger partial charge in [0, 0.05) is 6.04 Å². The summed E-state index contributed by atoms with van der Waals surface area (Å²) in [5.74, 6) is 0.695. The molecule has 1 N–H and O–H groups in total.